The fourth-order valence-corrected chi connectivity index (χ4v) is 3.76. The molecule has 5 rings (SSSR count). The van der Waals surface area contributed by atoms with Gasteiger partial charge in [-0.25, -0.2) is 9.67 Å². The average molecular weight is 457 g/mol. The Kier molecular flexibility index (Phi) is 5.34. The molecule has 0 radical (unpaired) electrons. The number of para-hydroxylation sites is 1. The number of nitro benzene ring substituents is 1. The van der Waals surface area contributed by atoms with Crippen LogP contribution in [-0.2, 0) is 13.1 Å². The lowest BCUT2D eigenvalue weighted by Gasteiger charge is -2.07. The number of H-pyrrole nitrogens is 1. The number of hydrogen-bond acceptors (Lipinski definition) is 6. The second kappa shape index (κ2) is 8.62. The largest absolute Gasteiger partial charge is 0.351 e. The topological polar surface area (TPSA) is 141 Å². The normalized spacial score (nSPS) is 11.2. The van der Waals surface area contributed by atoms with Crippen LogP contribution in [0.15, 0.2) is 71.9 Å². The van der Waals surface area contributed by atoms with Crippen molar-refractivity contribution in [3.8, 4) is 0 Å². The molecular weight excluding hydrogens is 438 g/mol. The van der Waals surface area contributed by atoms with Gasteiger partial charge in [0.2, 0.25) is 0 Å². The molecule has 3 heterocycles. The van der Waals surface area contributed by atoms with Crippen molar-refractivity contribution in [2.45, 2.75) is 13.1 Å². The van der Waals surface area contributed by atoms with Crippen LogP contribution in [0.1, 0.15) is 16.1 Å². The van der Waals surface area contributed by atoms with Gasteiger partial charge in [0.05, 0.1) is 24.2 Å². The van der Waals surface area contributed by atoms with Crippen molar-refractivity contribution in [1.82, 2.24) is 29.6 Å². The molecule has 0 aliphatic carbocycles. The van der Waals surface area contributed by atoms with Crippen molar-refractivity contribution in [1.29, 1.82) is 0 Å². The number of nitrogens with one attached hydrogen (secondary N) is 2. The summed E-state index contributed by atoms with van der Waals surface area (Å²) in [5.74, 6) is -0.230. The number of rotatable bonds is 7. The molecule has 1 amide bonds. The lowest BCUT2D eigenvalue weighted by molar-refractivity contribution is -0.384. The number of aromatic amines is 1. The van der Waals surface area contributed by atoms with E-state index in [1.807, 2.05) is 24.3 Å². The van der Waals surface area contributed by atoms with Crippen LogP contribution in [0, 0.1) is 10.1 Å². The smallest absolute Gasteiger partial charge is 0.269 e. The Morgan fingerprint density at radius 2 is 1.94 bits per heavy atom. The average Bonchev–Trinajstić information content (AvgIpc) is 3.46. The third-order valence-corrected chi connectivity index (χ3v) is 5.51. The van der Waals surface area contributed by atoms with Crippen LogP contribution < -0.4 is 10.9 Å². The molecule has 0 spiro atoms. The van der Waals surface area contributed by atoms with Gasteiger partial charge in [0.15, 0.2) is 5.65 Å². The second-order valence-electron chi connectivity index (χ2n) is 7.73. The van der Waals surface area contributed by atoms with Crippen LogP contribution >= 0.6 is 0 Å². The zero-order valence-corrected chi connectivity index (χ0v) is 17.8. The maximum Gasteiger partial charge on any atom is 0.269 e. The number of fused-ring (bicyclic) bond motifs is 2. The Bertz CT molecular complexity index is 1550. The summed E-state index contributed by atoms with van der Waals surface area (Å²) < 4.78 is 2.99. The summed E-state index contributed by atoms with van der Waals surface area (Å²) in [4.78, 5) is 43.1. The van der Waals surface area contributed by atoms with E-state index in [0.717, 1.165) is 16.5 Å². The number of carbonyl (C=O) groups excluding carboxylic acids is 1. The van der Waals surface area contributed by atoms with Crippen molar-refractivity contribution >= 4 is 33.5 Å². The van der Waals surface area contributed by atoms with Crippen LogP contribution in [0.25, 0.3) is 21.9 Å². The molecule has 3 aromatic heterocycles. The number of aromatic nitrogens is 5. The van der Waals surface area contributed by atoms with E-state index >= 15 is 0 Å². The molecule has 5 aromatic rings. The summed E-state index contributed by atoms with van der Waals surface area (Å²) in [5, 5.41) is 19.2. The first-order valence-electron chi connectivity index (χ1n) is 10.5. The van der Waals surface area contributed by atoms with Crippen molar-refractivity contribution < 1.29 is 9.72 Å². The van der Waals surface area contributed by atoms with Gasteiger partial charge in [0.25, 0.3) is 17.2 Å². The standard InChI is InChI=1S/C23H19N7O4/c31-22(20-11-16-3-1-2-4-19(16)27-20)24-9-10-29-21-18(12-26-29)23(32)28(14-25-21)13-15-5-7-17(8-6-15)30(33)34/h1-8,11-12,14,27H,9-10,13H2,(H,24,31). The summed E-state index contributed by atoms with van der Waals surface area (Å²) in [7, 11) is 0. The fourth-order valence-electron chi connectivity index (χ4n) is 3.76. The van der Waals surface area contributed by atoms with E-state index in [-0.39, 0.29) is 23.7 Å². The van der Waals surface area contributed by atoms with Crippen LogP contribution in [0.4, 0.5) is 5.69 Å². The van der Waals surface area contributed by atoms with Gasteiger partial charge in [-0.1, -0.05) is 30.3 Å². The van der Waals surface area contributed by atoms with Gasteiger partial charge in [0, 0.05) is 29.6 Å². The number of carbonyl (C=O) groups is 1. The quantitative estimate of drug-likeness (QED) is 0.284. The number of nitro groups is 1. The van der Waals surface area contributed by atoms with Crippen molar-refractivity contribution in [2.24, 2.45) is 0 Å². The van der Waals surface area contributed by atoms with Gasteiger partial charge < -0.3 is 10.3 Å². The first kappa shape index (κ1) is 21.1. The predicted octanol–water partition coefficient (Wildman–Crippen LogP) is 2.46. The number of amides is 1. The van der Waals surface area contributed by atoms with Gasteiger partial charge in [-0.05, 0) is 17.7 Å². The fraction of sp³-hybridized carbons (Fsp3) is 0.130. The van der Waals surface area contributed by atoms with E-state index in [4.69, 9.17) is 0 Å². The van der Waals surface area contributed by atoms with Gasteiger partial charge in [-0.3, -0.25) is 24.3 Å². The molecule has 0 saturated heterocycles. The highest BCUT2D eigenvalue weighted by Crippen LogP contribution is 2.15. The van der Waals surface area contributed by atoms with Gasteiger partial charge in [-0.2, -0.15) is 5.10 Å². The van der Waals surface area contributed by atoms with Crippen LogP contribution in [0.3, 0.4) is 0 Å². The molecule has 0 atom stereocenters. The minimum absolute atomic E-state index is 0.0115. The molecule has 34 heavy (non-hydrogen) atoms. The number of benzene rings is 2. The number of non-ortho nitro benzene ring substituents is 1. The van der Waals surface area contributed by atoms with E-state index in [9.17, 15) is 19.7 Å². The Labute approximate surface area is 191 Å². The summed E-state index contributed by atoms with van der Waals surface area (Å²) in [5.41, 5.74) is 2.24. The van der Waals surface area contributed by atoms with Crippen LogP contribution in [0.2, 0.25) is 0 Å². The zero-order chi connectivity index (χ0) is 23.7. The van der Waals surface area contributed by atoms with Gasteiger partial charge in [-0.15, -0.1) is 0 Å². The summed E-state index contributed by atoms with van der Waals surface area (Å²) >= 11 is 0. The van der Waals surface area contributed by atoms with E-state index in [1.165, 1.54) is 29.2 Å². The molecular formula is C23H19N7O4. The lowest BCUT2D eigenvalue weighted by atomic mass is 10.2. The van der Waals surface area contributed by atoms with E-state index < -0.39 is 4.92 Å². The minimum Gasteiger partial charge on any atom is -0.351 e. The molecule has 0 aliphatic rings. The van der Waals surface area contributed by atoms with E-state index in [2.05, 4.69) is 20.4 Å². The Morgan fingerprint density at radius 3 is 2.71 bits per heavy atom. The zero-order valence-electron chi connectivity index (χ0n) is 17.8. The first-order valence-corrected chi connectivity index (χ1v) is 10.5. The Hall–Kier alpha value is -4.80. The third kappa shape index (κ3) is 4.01. The SMILES string of the molecule is O=C(NCCn1ncc2c(=O)n(Cc3ccc([N+](=O)[O-])cc3)cnc21)c1cc2ccccc2[nH]1. The number of nitrogens with zero attached hydrogens (tertiary/aromatic N) is 5. The molecule has 0 aliphatic heterocycles. The molecule has 2 N–H and O–H groups in total. The van der Waals surface area contributed by atoms with Crippen molar-refractivity contribution in [3.05, 3.63) is 98.8 Å². The maximum absolute atomic E-state index is 12.9. The molecule has 11 heteroatoms. The Morgan fingerprint density at radius 1 is 1.15 bits per heavy atom. The van der Waals surface area contributed by atoms with Gasteiger partial charge >= 0.3 is 0 Å². The second-order valence-corrected chi connectivity index (χ2v) is 7.73. The monoisotopic (exact) mass is 457 g/mol. The molecule has 0 bridgehead atoms. The third-order valence-electron chi connectivity index (χ3n) is 5.51. The Balaban J connectivity index is 1.26. The lowest BCUT2D eigenvalue weighted by Crippen LogP contribution is -2.28. The molecule has 0 fully saturated rings. The van der Waals surface area contributed by atoms with Crippen molar-refractivity contribution in [2.75, 3.05) is 6.54 Å². The maximum atomic E-state index is 12.9. The molecule has 11 nitrogen and oxygen atoms in total. The summed E-state index contributed by atoms with van der Waals surface area (Å²) in [6, 6.07) is 15.4. The highest BCUT2D eigenvalue weighted by molar-refractivity contribution is 5.97. The highest BCUT2D eigenvalue weighted by atomic mass is 16.6. The van der Waals surface area contributed by atoms with Crippen LogP contribution in [0.5, 0.6) is 0 Å². The minimum atomic E-state index is -0.472. The first-order chi connectivity index (χ1) is 16.5. The molecule has 0 unspecified atom stereocenters. The predicted molar refractivity (Wildman–Crippen MR) is 125 cm³/mol. The highest BCUT2D eigenvalue weighted by Gasteiger charge is 2.13. The molecule has 170 valence electrons. The summed E-state index contributed by atoms with van der Waals surface area (Å²) in [6.07, 6.45) is 2.88. The van der Waals surface area contributed by atoms with Gasteiger partial charge in [0.1, 0.15) is 17.4 Å². The number of hydrogen-bond donors (Lipinski definition) is 2. The van der Waals surface area contributed by atoms with Crippen LogP contribution in [-0.4, -0.2) is 41.7 Å². The van der Waals surface area contributed by atoms with E-state index in [0.29, 0.717) is 29.8 Å². The molecule has 2 aromatic carbocycles. The van der Waals surface area contributed by atoms with E-state index in [1.54, 1.807) is 22.9 Å². The van der Waals surface area contributed by atoms with Crippen molar-refractivity contribution in [3.63, 3.8) is 0 Å². The molecule has 0 saturated carbocycles. The summed E-state index contributed by atoms with van der Waals surface area (Å²) in [6.45, 7) is 0.873.